The average Bonchev–Trinajstić information content (AvgIpc) is 3.06. The fraction of sp³-hybridized carbons (Fsp3) is 0.353. The average molecular weight is 378 g/mol. The van der Waals surface area contributed by atoms with E-state index >= 15 is 0 Å². The van der Waals surface area contributed by atoms with Gasteiger partial charge in [-0.15, -0.1) is 5.10 Å². The molecule has 0 unspecified atom stereocenters. The summed E-state index contributed by atoms with van der Waals surface area (Å²) in [5.74, 6) is 0.489. The second kappa shape index (κ2) is 8.79. The van der Waals surface area contributed by atoms with Crippen molar-refractivity contribution in [2.24, 2.45) is 7.05 Å². The van der Waals surface area contributed by atoms with Crippen LogP contribution in [0.4, 0.5) is 5.69 Å². The summed E-state index contributed by atoms with van der Waals surface area (Å²) in [5, 5.41) is 9.17. The van der Waals surface area contributed by atoms with Crippen molar-refractivity contribution in [1.82, 2.24) is 15.1 Å². The summed E-state index contributed by atoms with van der Waals surface area (Å²) in [6, 6.07) is 3.18. The van der Waals surface area contributed by atoms with Crippen molar-refractivity contribution in [3.63, 3.8) is 0 Å². The van der Waals surface area contributed by atoms with E-state index in [-0.39, 0.29) is 18.0 Å². The first-order valence-electron chi connectivity index (χ1n) is 7.89. The van der Waals surface area contributed by atoms with Crippen molar-refractivity contribution in [3.05, 3.63) is 23.9 Å². The van der Waals surface area contributed by atoms with Gasteiger partial charge < -0.3 is 29.6 Å². The van der Waals surface area contributed by atoms with Crippen LogP contribution in [0.15, 0.2) is 18.3 Å². The van der Waals surface area contributed by atoms with Crippen LogP contribution in [0.5, 0.6) is 23.1 Å². The molecule has 0 radical (unpaired) electrons. The number of aromatic nitrogens is 2. The number of methoxy groups -OCH3 is 4. The first-order chi connectivity index (χ1) is 12.9. The molecule has 0 saturated carbocycles. The van der Waals surface area contributed by atoms with E-state index in [2.05, 4.69) is 15.7 Å². The van der Waals surface area contributed by atoms with E-state index in [1.54, 1.807) is 19.2 Å². The van der Waals surface area contributed by atoms with Crippen LogP contribution in [0.2, 0.25) is 0 Å². The molecule has 2 aromatic rings. The summed E-state index contributed by atoms with van der Waals surface area (Å²) in [6.07, 6.45) is 1.51. The van der Waals surface area contributed by atoms with Crippen LogP contribution >= 0.6 is 0 Å². The summed E-state index contributed by atoms with van der Waals surface area (Å²) in [4.78, 5) is 24.4. The molecule has 2 rings (SSSR count). The van der Waals surface area contributed by atoms with E-state index in [1.807, 2.05) is 0 Å². The third-order valence-corrected chi connectivity index (χ3v) is 3.59. The van der Waals surface area contributed by atoms with Crippen LogP contribution in [0, 0.1) is 0 Å². The van der Waals surface area contributed by atoms with E-state index in [9.17, 15) is 9.59 Å². The molecule has 1 heterocycles. The summed E-state index contributed by atoms with van der Waals surface area (Å²) >= 11 is 0. The number of nitrogens with one attached hydrogen (secondary N) is 2. The normalized spacial score (nSPS) is 10.1. The Kier molecular flexibility index (Phi) is 6.47. The lowest BCUT2D eigenvalue weighted by Crippen LogP contribution is -2.32. The molecule has 10 nitrogen and oxygen atoms in total. The van der Waals surface area contributed by atoms with Crippen molar-refractivity contribution < 1.29 is 28.5 Å². The minimum Gasteiger partial charge on any atom is -0.493 e. The molecule has 0 aliphatic rings. The van der Waals surface area contributed by atoms with Gasteiger partial charge in [0, 0.05) is 31.1 Å². The van der Waals surface area contributed by atoms with E-state index < -0.39 is 11.8 Å². The van der Waals surface area contributed by atoms with E-state index in [0.717, 1.165) is 0 Å². The van der Waals surface area contributed by atoms with Gasteiger partial charge in [0.15, 0.2) is 11.5 Å². The van der Waals surface area contributed by atoms with Crippen LogP contribution in [-0.4, -0.2) is 56.6 Å². The Labute approximate surface area is 156 Å². The summed E-state index contributed by atoms with van der Waals surface area (Å²) < 4.78 is 22.2. The second-order valence-electron chi connectivity index (χ2n) is 5.37. The second-order valence-corrected chi connectivity index (χ2v) is 5.37. The number of amides is 2. The summed E-state index contributed by atoms with van der Waals surface area (Å²) in [6.45, 7) is -0.243. The maximum Gasteiger partial charge on any atom is 0.258 e. The van der Waals surface area contributed by atoms with Crippen molar-refractivity contribution >= 4 is 17.5 Å². The Hall–Kier alpha value is -3.43. The van der Waals surface area contributed by atoms with Crippen LogP contribution in [0.3, 0.4) is 0 Å². The quantitative estimate of drug-likeness (QED) is 0.699. The van der Waals surface area contributed by atoms with Crippen molar-refractivity contribution in [2.75, 3.05) is 40.3 Å². The molecule has 0 aliphatic carbocycles. The number of carbonyl (C=O) groups excluding carboxylic acids is 2. The van der Waals surface area contributed by atoms with Crippen molar-refractivity contribution in [2.45, 2.75) is 0 Å². The molecule has 0 aliphatic heterocycles. The smallest absolute Gasteiger partial charge is 0.258 e. The molecule has 1 aromatic heterocycles. The third kappa shape index (κ3) is 4.60. The van der Waals surface area contributed by atoms with Crippen LogP contribution < -0.4 is 29.6 Å². The van der Waals surface area contributed by atoms with Gasteiger partial charge in [-0.2, -0.15) is 0 Å². The molecular formula is C17H22N4O6. The van der Waals surface area contributed by atoms with E-state index in [0.29, 0.717) is 22.9 Å². The van der Waals surface area contributed by atoms with Gasteiger partial charge in [0.1, 0.15) is 5.56 Å². The number of nitrogens with zero attached hydrogens (tertiary/aromatic N) is 2. The fourth-order valence-corrected chi connectivity index (χ4v) is 2.39. The van der Waals surface area contributed by atoms with Gasteiger partial charge in [0.2, 0.25) is 17.5 Å². The van der Waals surface area contributed by atoms with Gasteiger partial charge in [-0.05, 0) is 0 Å². The molecule has 1 aromatic carbocycles. The highest BCUT2D eigenvalue weighted by Gasteiger charge is 2.18. The Balaban J connectivity index is 2.04. The van der Waals surface area contributed by atoms with Gasteiger partial charge in [0.05, 0.1) is 35.0 Å². The molecule has 0 bridgehead atoms. The number of ether oxygens (including phenoxy) is 4. The van der Waals surface area contributed by atoms with Crippen molar-refractivity contribution in [1.29, 1.82) is 0 Å². The topological polar surface area (TPSA) is 113 Å². The summed E-state index contributed by atoms with van der Waals surface area (Å²) in [5.41, 5.74) is 0.670. The highest BCUT2D eigenvalue weighted by Crippen LogP contribution is 2.39. The monoisotopic (exact) mass is 378 g/mol. The Morgan fingerprint density at radius 1 is 1.04 bits per heavy atom. The molecule has 2 N–H and O–H groups in total. The molecular weight excluding hydrogens is 356 g/mol. The number of carbonyl (C=O) groups is 2. The molecule has 0 saturated heterocycles. The van der Waals surface area contributed by atoms with Gasteiger partial charge in [-0.3, -0.25) is 14.3 Å². The molecule has 146 valence electrons. The fourth-order valence-electron chi connectivity index (χ4n) is 2.39. The maximum atomic E-state index is 12.2. The predicted octanol–water partition coefficient (Wildman–Crippen LogP) is 0.823. The lowest BCUT2D eigenvalue weighted by Gasteiger charge is -2.14. The third-order valence-electron chi connectivity index (χ3n) is 3.59. The van der Waals surface area contributed by atoms with Crippen LogP contribution in [0.25, 0.3) is 0 Å². The molecule has 10 heteroatoms. The zero-order chi connectivity index (χ0) is 20.0. The molecule has 0 atom stereocenters. The minimum absolute atomic E-state index is 0.181. The number of anilines is 1. The van der Waals surface area contributed by atoms with E-state index in [4.69, 9.17) is 18.9 Å². The number of rotatable bonds is 8. The maximum absolute atomic E-state index is 12.2. The number of benzene rings is 1. The van der Waals surface area contributed by atoms with E-state index in [1.165, 1.54) is 39.3 Å². The predicted molar refractivity (Wildman–Crippen MR) is 96.8 cm³/mol. The van der Waals surface area contributed by atoms with Crippen LogP contribution in [-0.2, 0) is 11.8 Å². The SMILES string of the molecule is COc1cc(NC(=O)CNC(=O)c2cn(C)nc2OC)cc(OC)c1OC. The lowest BCUT2D eigenvalue weighted by molar-refractivity contribution is -0.115. The molecule has 2 amide bonds. The van der Waals surface area contributed by atoms with Gasteiger partial charge in [-0.1, -0.05) is 0 Å². The summed E-state index contributed by atoms with van der Waals surface area (Å²) in [7, 11) is 7.52. The Morgan fingerprint density at radius 3 is 2.19 bits per heavy atom. The molecule has 27 heavy (non-hydrogen) atoms. The molecule has 0 fully saturated rings. The number of hydrogen-bond acceptors (Lipinski definition) is 7. The van der Waals surface area contributed by atoms with Gasteiger partial charge in [-0.25, -0.2) is 0 Å². The number of aryl methyl sites for hydroxylation is 1. The standard InChI is InChI=1S/C17H22N4O6/c1-21-9-11(17(20-21)27-5)16(23)18-8-14(22)19-10-6-12(24-2)15(26-4)13(7-10)25-3/h6-7,9H,8H2,1-5H3,(H,18,23)(H,19,22). The first kappa shape index (κ1) is 19.9. The van der Waals surface area contributed by atoms with Gasteiger partial charge >= 0.3 is 0 Å². The highest BCUT2D eigenvalue weighted by molar-refractivity contribution is 6.00. The van der Waals surface area contributed by atoms with Gasteiger partial charge in [0.25, 0.3) is 5.91 Å². The highest BCUT2D eigenvalue weighted by atomic mass is 16.5. The largest absolute Gasteiger partial charge is 0.493 e. The minimum atomic E-state index is -0.472. The zero-order valence-corrected chi connectivity index (χ0v) is 15.8. The Morgan fingerprint density at radius 2 is 1.67 bits per heavy atom. The lowest BCUT2D eigenvalue weighted by atomic mass is 10.2. The first-order valence-corrected chi connectivity index (χ1v) is 7.89. The number of hydrogen-bond donors (Lipinski definition) is 2. The van der Waals surface area contributed by atoms with Crippen LogP contribution in [0.1, 0.15) is 10.4 Å². The zero-order valence-electron chi connectivity index (χ0n) is 15.8. The molecule has 0 spiro atoms. The van der Waals surface area contributed by atoms with Crippen molar-refractivity contribution in [3.8, 4) is 23.1 Å². The Bertz CT molecular complexity index is 808.